The molecule has 1 aromatic rings. The average molecular weight is 829 g/mol. The summed E-state index contributed by atoms with van der Waals surface area (Å²) in [5, 5.41) is 23.0. The molecular formula is C38H60N12O9. The molecular weight excluding hydrogens is 768 g/mol. The number of nitrogens with zero attached hydrogens (tertiary/aromatic N) is 1. The molecule has 13 N–H and O–H groups in total. The van der Waals surface area contributed by atoms with E-state index in [1.54, 1.807) is 37.3 Å². The summed E-state index contributed by atoms with van der Waals surface area (Å²) >= 11 is 0. The van der Waals surface area contributed by atoms with E-state index in [4.69, 9.17) is 11.5 Å². The first kappa shape index (κ1) is 48.9. The van der Waals surface area contributed by atoms with Gasteiger partial charge in [-0.15, -0.1) is 0 Å². The molecule has 1 aromatic carbocycles. The van der Waals surface area contributed by atoms with E-state index in [1.807, 2.05) is 13.8 Å². The van der Waals surface area contributed by atoms with Gasteiger partial charge in [-0.1, -0.05) is 51.1 Å². The standard InChI is InChI=1S/C38H60N12O9/c1-7-25(46-32(54)22(5)45-31(53)21(4)44-23(6)51)34(56)47-26(14-11-15-41-38(39)40)35(57)50-29-18-42-30(52)19-43-33(55)28(17-24-12-9-8-10-13-24)49-36(58)27(16-20(2)3)48-37(29)59/h8-10,12-13,20-22,25-29H,7,11,14-19H2,1-6H3,(H,42,52)(H,43,55)(H,44,51)(H,45,53)(H,46,54)(H,47,56)(H,48,59)(H,49,58)(H,50,57)(H4,39,40,41)/t21-,22-,25-,26-,27?,28-,29?/m0/s1. The van der Waals surface area contributed by atoms with Crippen LogP contribution in [0.1, 0.15) is 72.8 Å². The highest BCUT2D eigenvalue weighted by Gasteiger charge is 2.34. The van der Waals surface area contributed by atoms with Crippen LogP contribution in [0.15, 0.2) is 35.3 Å². The van der Waals surface area contributed by atoms with E-state index in [9.17, 15) is 43.2 Å². The van der Waals surface area contributed by atoms with Gasteiger partial charge < -0.3 is 59.3 Å². The SMILES string of the molecule is CC[C@H](NC(=O)[C@H](C)NC(=O)[C@H](C)NC(C)=O)C(=O)N[C@@H](CCCN=C(N)N)C(=O)NC1CNC(=O)CNC(=O)[C@H](Cc2ccccc2)NC(=O)C(CC(C)C)NC1=O. The molecule has 2 unspecified atom stereocenters. The van der Waals surface area contributed by atoms with Gasteiger partial charge in [0.15, 0.2) is 5.96 Å². The Balaban J connectivity index is 2.32. The van der Waals surface area contributed by atoms with E-state index in [0.717, 1.165) is 5.56 Å². The van der Waals surface area contributed by atoms with E-state index in [0.29, 0.717) is 0 Å². The van der Waals surface area contributed by atoms with Gasteiger partial charge in [0.1, 0.15) is 42.3 Å². The van der Waals surface area contributed by atoms with E-state index in [2.05, 4.69) is 52.8 Å². The van der Waals surface area contributed by atoms with Crippen molar-refractivity contribution in [3.8, 4) is 0 Å². The van der Waals surface area contributed by atoms with Gasteiger partial charge in [-0.3, -0.25) is 48.1 Å². The second-order valence-corrected chi connectivity index (χ2v) is 14.7. The molecule has 0 spiro atoms. The van der Waals surface area contributed by atoms with Gasteiger partial charge in [0, 0.05) is 26.4 Å². The first-order chi connectivity index (χ1) is 27.8. The van der Waals surface area contributed by atoms with Gasteiger partial charge in [-0.25, -0.2) is 0 Å². The Hall–Kier alpha value is -6.28. The van der Waals surface area contributed by atoms with Crippen molar-refractivity contribution in [3.05, 3.63) is 35.9 Å². The lowest BCUT2D eigenvalue weighted by Gasteiger charge is -2.27. The molecule has 1 heterocycles. The number of carbonyl (C=O) groups is 9. The van der Waals surface area contributed by atoms with Crippen molar-refractivity contribution in [1.29, 1.82) is 0 Å². The van der Waals surface area contributed by atoms with Crippen LogP contribution in [0.4, 0.5) is 0 Å². The summed E-state index contributed by atoms with van der Waals surface area (Å²) in [6.45, 7) is 8.46. The average Bonchev–Trinajstić information content (AvgIpc) is 3.17. The molecule has 0 aromatic heterocycles. The van der Waals surface area contributed by atoms with Crippen LogP contribution in [0.3, 0.4) is 0 Å². The second kappa shape index (κ2) is 24.5. The molecule has 9 amide bonds. The highest BCUT2D eigenvalue weighted by Crippen LogP contribution is 2.10. The van der Waals surface area contributed by atoms with Crippen molar-refractivity contribution >= 4 is 59.1 Å². The molecule has 59 heavy (non-hydrogen) atoms. The van der Waals surface area contributed by atoms with Crippen LogP contribution in [-0.4, -0.2) is 121 Å². The third kappa shape index (κ3) is 17.8. The molecule has 0 bridgehead atoms. The fourth-order valence-electron chi connectivity index (χ4n) is 5.83. The number of guanidine groups is 1. The van der Waals surface area contributed by atoms with Gasteiger partial charge in [-0.05, 0) is 51.0 Å². The fourth-order valence-corrected chi connectivity index (χ4v) is 5.83. The van der Waals surface area contributed by atoms with Crippen LogP contribution in [0.25, 0.3) is 0 Å². The smallest absolute Gasteiger partial charge is 0.245 e. The Kier molecular flexibility index (Phi) is 20.3. The van der Waals surface area contributed by atoms with Crippen molar-refractivity contribution in [2.24, 2.45) is 22.4 Å². The number of hydrogen-bond donors (Lipinski definition) is 11. The first-order valence-corrected chi connectivity index (χ1v) is 19.5. The van der Waals surface area contributed by atoms with Crippen LogP contribution < -0.4 is 59.3 Å². The van der Waals surface area contributed by atoms with E-state index in [-0.39, 0.29) is 50.5 Å². The van der Waals surface area contributed by atoms with Gasteiger partial charge in [-0.2, -0.15) is 0 Å². The van der Waals surface area contributed by atoms with Crippen LogP contribution in [0.2, 0.25) is 0 Å². The van der Waals surface area contributed by atoms with E-state index < -0.39 is 109 Å². The van der Waals surface area contributed by atoms with Crippen molar-refractivity contribution in [3.63, 3.8) is 0 Å². The van der Waals surface area contributed by atoms with E-state index in [1.165, 1.54) is 20.8 Å². The van der Waals surface area contributed by atoms with Crippen molar-refractivity contribution < 1.29 is 43.2 Å². The molecule has 7 atom stereocenters. The molecule has 326 valence electrons. The zero-order chi connectivity index (χ0) is 44.2. The number of rotatable bonds is 18. The Morgan fingerprint density at radius 3 is 1.98 bits per heavy atom. The fraction of sp³-hybridized carbons (Fsp3) is 0.579. The predicted molar refractivity (Wildman–Crippen MR) is 216 cm³/mol. The maximum Gasteiger partial charge on any atom is 0.245 e. The maximum atomic E-state index is 13.9. The highest BCUT2D eigenvalue weighted by atomic mass is 16.2. The molecule has 1 aliphatic heterocycles. The van der Waals surface area contributed by atoms with Gasteiger partial charge in [0.2, 0.25) is 53.2 Å². The molecule has 1 saturated heterocycles. The monoisotopic (exact) mass is 828 g/mol. The summed E-state index contributed by atoms with van der Waals surface area (Å²) in [5.41, 5.74) is 11.6. The normalized spacial score (nSPS) is 19.5. The van der Waals surface area contributed by atoms with Crippen LogP contribution in [0, 0.1) is 5.92 Å². The lowest BCUT2D eigenvalue weighted by atomic mass is 10.0. The molecule has 0 radical (unpaired) electrons. The summed E-state index contributed by atoms with van der Waals surface area (Å²) in [6.07, 6.45) is 0.481. The number of nitrogens with one attached hydrogen (secondary N) is 9. The number of aliphatic imine (C=N–C) groups is 1. The van der Waals surface area contributed by atoms with E-state index >= 15 is 0 Å². The summed E-state index contributed by atoms with van der Waals surface area (Å²) in [7, 11) is 0. The summed E-state index contributed by atoms with van der Waals surface area (Å²) < 4.78 is 0. The number of amides is 9. The molecule has 21 heteroatoms. The minimum absolute atomic E-state index is 0.0415. The van der Waals surface area contributed by atoms with Crippen LogP contribution >= 0.6 is 0 Å². The Morgan fingerprint density at radius 1 is 0.763 bits per heavy atom. The number of benzene rings is 1. The Labute approximate surface area is 343 Å². The van der Waals surface area contributed by atoms with Crippen LogP contribution in [0.5, 0.6) is 0 Å². The third-order valence-electron chi connectivity index (χ3n) is 9.00. The third-order valence-corrected chi connectivity index (χ3v) is 9.00. The summed E-state index contributed by atoms with van der Waals surface area (Å²) in [5.74, 6) is -6.49. The summed E-state index contributed by atoms with van der Waals surface area (Å²) in [6, 6.07) is 0.707. The minimum atomic E-state index is -1.46. The number of hydrogen-bond acceptors (Lipinski definition) is 10. The molecule has 2 rings (SSSR count). The number of carbonyl (C=O) groups excluding carboxylic acids is 9. The molecule has 0 saturated carbocycles. The van der Waals surface area contributed by atoms with Crippen molar-refractivity contribution in [1.82, 2.24) is 47.9 Å². The lowest BCUT2D eigenvalue weighted by molar-refractivity contribution is -0.135. The van der Waals surface area contributed by atoms with Crippen molar-refractivity contribution in [2.75, 3.05) is 19.6 Å². The van der Waals surface area contributed by atoms with Crippen LogP contribution in [-0.2, 0) is 49.6 Å². The Bertz CT molecular complexity index is 1690. The zero-order valence-corrected chi connectivity index (χ0v) is 34.4. The van der Waals surface area contributed by atoms with Gasteiger partial charge in [0.05, 0.1) is 6.54 Å². The molecule has 21 nitrogen and oxygen atoms in total. The van der Waals surface area contributed by atoms with Crippen molar-refractivity contribution in [2.45, 2.75) is 116 Å². The largest absolute Gasteiger partial charge is 0.370 e. The predicted octanol–water partition coefficient (Wildman–Crippen LogP) is -3.56. The maximum absolute atomic E-state index is 13.9. The highest BCUT2D eigenvalue weighted by molar-refractivity contribution is 5.98. The zero-order valence-electron chi connectivity index (χ0n) is 34.4. The molecule has 1 aliphatic rings. The minimum Gasteiger partial charge on any atom is -0.370 e. The topological polar surface area (TPSA) is 326 Å². The molecule has 0 aliphatic carbocycles. The quantitative estimate of drug-likeness (QED) is 0.0391. The molecule has 1 fully saturated rings. The Morgan fingerprint density at radius 2 is 1.37 bits per heavy atom. The lowest BCUT2D eigenvalue weighted by Crippen LogP contribution is -2.61. The number of nitrogens with two attached hydrogens (primary N) is 2. The summed E-state index contributed by atoms with van der Waals surface area (Å²) in [4.78, 5) is 122. The first-order valence-electron chi connectivity index (χ1n) is 19.5. The second-order valence-electron chi connectivity index (χ2n) is 14.7. The van der Waals surface area contributed by atoms with Gasteiger partial charge >= 0.3 is 0 Å². The van der Waals surface area contributed by atoms with Gasteiger partial charge in [0.25, 0.3) is 0 Å².